The monoisotopic (exact) mass is 360 g/mol. The van der Waals surface area contributed by atoms with Gasteiger partial charge in [0, 0.05) is 43.7 Å². The zero-order valence-corrected chi connectivity index (χ0v) is 14.7. The molecule has 1 spiro atoms. The maximum atomic E-state index is 6.20. The molecule has 0 atom stereocenters. The number of benzene rings is 1. The third-order valence-electron chi connectivity index (χ3n) is 4.68. The molecule has 1 aromatic heterocycles. The predicted octanol–water partition coefficient (Wildman–Crippen LogP) is 3.09. The fourth-order valence-electron chi connectivity index (χ4n) is 3.26. The molecule has 2 saturated heterocycles. The topological polar surface area (TPSA) is 59.5 Å². The first-order chi connectivity index (χ1) is 12.2. The first kappa shape index (κ1) is 16.6. The lowest BCUT2D eigenvalue weighted by molar-refractivity contribution is -0.169. The summed E-state index contributed by atoms with van der Waals surface area (Å²) >= 11 is 6.20. The van der Waals surface area contributed by atoms with Gasteiger partial charge >= 0.3 is 0 Å². The Bertz CT molecular complexity index is 727. The van der Waals surface area contributed by atoms with Crippen LogP contribution in [0.4, 0.5) is 11.8 Å². The first-order valence-corrected chi connectivity index (χ1v) is 8.95. The van der Waals surface area contributed by atoms with E-state index in [4.69, 9.17) is 21.1 Å². The van der Waals surface area contributed by atoms with Crippen molar-refractivity contribution in [2.24, 2.45) is 0 Å². The first-order valence-electron chi connectivity index (χ1n) is 8.57. The second-order valence-electron chi connectivity index (χ2n) is 6.28. The van der Waals surface area contributed by atoms with Crippen LogP contribution < -0.4 is 10.2 Å². The summed E-state index contributed by atoms with van der Waals surface area (Å²) in [6, 6.07) is 9.67. The second-order valence-corrected chi connectivity index (χ2v) is 6.69. The number of ether oxygens (including phenoxy) is 2. The fourth-order valence-corrected chi connectivity index (χ4v) is 3.46. The van der Waals surface area contributed by atoms with Crippen LogP contribution in [0.3, 0.4) is 0 Å². The molecule has 0 saturated carbocycles. The summed E-state index contributed by atoms with van der Waals surface area (Å²) in [4.78, 5) is 11.2. The van der Waals surface area contributed by atoms with Crippen molar-refractivity contribution in [3.63, 3.8) is 0 Å². The van der Waals surface area contributed by atoms with Crippen LogP contribution in [0.15, 0.2) is 36.5 Å². The maximum absolute atomic E-state index is 6.20. The van der Waals surface area contributed by atoms with Crippen LogP contribution in [0.5, 0.6) is 0 Å². The zero-order chi connectivity index (χ0) is 17.1. The fraction of sp³-hybridized carbons (Fsp3) is 0.444. The van der Waals surface area contributed by atoms with Crippen molar-refractivity contribution in [3.8, 4) is 0 Å². The van der Waals surface area contributed by atoms with Gasteiger partial charge in [0.1, 0.15) is 5.82 Å². The molecule has 0 amide bonds. The van der Waals surface area contributed by atoms with E-state index in [0.29, 0.717) is 19.8 Å². The van der Waals surface area contributed by atoms with Crippen LogP contribution >= 0.6 is 11.6 Å². The minimum atomic E-state index is -0.379. The summed E-state index contributed by atoms with van der Waals surface area (Å²) in [5.74, 6) is 1.15. The highest BCUT2D eigenvalue weighted by molar-refractivity contribution is 6.31. The molecule has 4 rings (SSSR count). The number of nitrogens with zero attached hydrogens (tertiary/aromatic N) is 3. The van der Waals surface area contributed by atoms with Crippen molar-refractivity contribution in [2.45, 2.75) is 25.2 Å². The highest BCUT2D eigenvalue weighted by Crippen LogP contribution is 2.32. The lowest BCUT2D eigenvalue weighted by Crippen LogP contribution is -2.45. The Labute approximate surface area is 152 Å². The number of hydrogen-bond donors (Lipinski definition) is 1. The molecule has 0 unspecified atom stereocenters. The molecule has 2 fully saturated rings. The van der Waals surface area contributed by atoms with Gasteiger partial charge in [0.25, 0.3) is 0 Å². The zero-order valence-electron chi connectivity index (χ0n) is 13.9. The van der Waals surface area contributed by atoms with Gasteiger partial charge in [-0.1, -0.05) is 29.8 Å². The molecule has 3 heterocycles. The van der Waals surface area contributed by atoms with Gasteiger partial charge in [-0.2, -0.15) is 4.98 Å². The van der Waals surface area contributed by atoms with Gasteiger partial charge in [0.05, 0.1) is 13.2 Å². The number of piperidine rings is 1. The Morgan fingerprint density at radius 3 is 2.64 bits per heavy atom. The van der Waals surface area contributed by atoms with Crippen molar-refractivity contribution < 1.29 is 9.47 Å². The normalized spacial score (nSPS) is 19.3. The van der Waals surface area contributed by atoms with Crippen LogP contribution in [-0.2, 0) is 16.0 Å². The highest BCUT2D eigenvalue weighted by Gasteiger charge is 2.40. The summed E-state index contributed by atoms with van der Waals surface area (Å²) in [6.45, 7) is 3.67. The minimum absolute atomic E-state index is 0.379. The quantitative estimate of drug-likeness (QED) is 0.904. The van der Waals surface area contributed by atoms with E-state index >= 15 is 0 Å². The van der Waals surface area contributed by atoms with Crippen LogP contribution in [0.25, 0.3) is 0 Å². The van der Waals surface area contributed by atoms with Gasteiger partial charge in [-0.05, 0) is 17.7 Å². The molecule has 2 aliphatic rings. The summed E-state index contributed by atoms with van der Waals surface area (Å²) in [5.41, 5.74) is 1.04. The number of hydrogen-bond acceptors (Lipinski definition) is 6. The van der Waals surface area contributed by atoms with E-state index in [1.54, 1.807) is 6.20 Å². The number of rotatable bonds is 4. The molecule has 2 aromatic rings. The van der Waals surface area contributed by atoms with E-state index in [1.807, 2.05) is 30.3 Å². The van der Waals surface area contributed by atoms with Crippen LogP contribution in [0.1, 0.15) is 18.4 Å². The molecule has 132 valence electrons. The van der Waals surface area contributed by atoms with Crippen LogP contribution in [-0.4, -0.2) is 42.1 Å². The van der Waals surface area contributed by atoms with E-state index in [0.717, 1.165) is 48.3 Å². The van der Waals surface area contributed by atoms with E-state index < -0.39 is 0 Å². The lowest BCUT2D eigenvalue weighted by atomic mass is 10.0. The molecule has 0 bridgehead atoms. The Balaban J connectivity index is 1.39. The second kappa shape index (κ2) is 7.15. The largest absolute Gasteiger partial charge is 0.366 e. The average Bonchev–Trinajstić information content (AvgIpc) is 3.10. The molecule has 0 radical (unpaired) electrons. The summed E-state index contributed by atoms with van der Waals surface area (Å²) in [6.07, 6.45) is 3.46. The van der Waals surface area contributed by atoms with Gasteiger partial charge in [0.15, 0.2) is 5.79 Å². The molecule has 7 heteroatoms. The molecular formula is C18H21ClN4O2. The third kappa shape index (κ3) is 3.71. The number of nitrogens with one attached hydrogen (secondary N) is 1. The smallest absolute Gasteiger partial charge is 0.227 e. The third-order valence-corrected chi connectivity index (χ3v) is 5.05. The standard InChI is InChI=1S/C18H21ClN4O2/c19-15-4-2-1-3-14(15)13-21-16-5-8-20-17(22-16)23-9-6-18(7-10-23)24-11-12-25-18/h1-5,8H,6-7,9-13H2,(H,20,21,22). The number of aromatic nitrogens is 2. The SMILES string of the molecule is Clc1ccccc1CNc1ccnc(N2CCC3(CC2)OCCO3)n1. The van der Waals surface area contributed by atoms with Gasteiger partial charge in [-0.25, -0.2) is 4.98 Å². The van der Waals surface area contributed by atoms with Crippen molar-refractivity contribution in [1.82, 2.24) is 9.97 Å². The van der Waals surface area contributed by atoms with Gasteiger partial charge < -0.3 is 19.7 Å². The predicted molar refractivity (Wildman–Crippen MR) is 96.9 cm³/mol. The van der Waals surface area contributed by atoms with E-state index in [9.17, 15) is 0 Å². The van der Waals surface area contributed by atoms with Crippen molar-refractivity contribution >= 4 is 23.4 Å². The van der Waals surface area contributed by atoms with E-state index in [1.165, 1.54) is 0 Å². The maximum Gasteiger partial charge on any atom is 0.227 e. The summed E-state index contributed by atoms with van der Waals surface area (Å²) < 4.78 is 11.5. The molecule has 2 aliphatic heterocycles. The Morgan fingerprint density at radius 2 is 1.88 bits per heavy atom. The van der Waals surface area contributed by atoms with Gasteiger partial charge in [-0.15, -0.1) is 0 Å². The van der Waals surface area contributed by atoms with E-state index in [-0.39, 0.29) is 5.79 Å². The van der Waals surface area contributed by atoms with Crippen molar-refractivity contribution in [3.05, 3.63) is 47.1 Å². The molecule has 0 aliphatic carbocycles. The molecular weight excluding hydrogens is 340 g/mol. The summed E-state index contributed by atoms with van der Waals surface area (Å²) in [5, 5.41) is 4.07. The van der Waals surface area contributed by atoms with Crippen molar-refractivity contribution in [2.75, 3.05) is 36.5 Å². The molecule has 1 N–H and O–H groups in total. The molecule has 6 nitrogen and oxygen atoms in total. The minimum Gasteiger partial charge on any atom is -0.366 e. The Morgan fingerprint density at radius 1 is 1.12 bits per heavy atom. The number of anilines is 2. The van der Waals surface area contributed by atoms with E-state index in [2.05, 4.69) is 20.2 Å². The highest BCUT2D eigenvalue weighted by atomic mass is 35.5. The molecule has 1 aromatic carbocycles. The molecule has 25 heavy (non-hydrogen) atoms. The Kier molecular flexibility index (Phi) is 4.74. The van der Waals surface area contributed by atoms with Gasteiger partial charge in [0.2, 0.25) is 5.95 Å². The summed E-state index contributed by atoms with van der Waals surface area (Å²) in [7, 11) is 0. The number of halogens is 1. The average molecular weight is 361 g/mol. The Hall–Kier alpha value is -1.89. The lowest BCUT2D eigenvalue weighted by Gasteiger charge is -2.37. The van der Waals surface area contributed by atoms with Crippen molar-refractivity contribution in [1.29, 1.82) is 0 Å². The van der Waals surface area contributed by atoms with Crippen LogP contribution in [0.2, 0.25) is 5.02 Å². The van der Waals surface area contributed by atoms with Gasteiger partial charge in [-0.3, -0.25) is 0 Å². The van der Waals surface area contributed by atoms with Crippen LogP contribution in [0, 0.1) is 0 Å².